The van der Waals surface area contributed by atoms with Crippen molar-refractivity contribution < 1.29 is 0 Å². The van der Waals surface area contributed by atoms with E-state index in [1.807, 2.05) is 0 Å². The zero-order chi connectivity index (χ0) is 9.19. The topological polar surface area (TPSA) is 23.8 Å². The van der Waals surface area contributed by atoms with Crippen molar-refractivity contribution in [2.45, 2.75) is 40.0 Å². The summed E-state index contributed by atoms with van der Waals surface area (Å²) < 4.78 is 0. The molecule has 1 aliphatic carbocycles. The second kappa shape index (κ2) is 3.31. The van der Waals surface area contributed by atoms with Crippen molar-refractivity contribution in [1.82, 2.24) is 0 Å². The van der Waals surface area contributed by atoms with Crippen molar-refractivity contribution in [3.63, 3.8) is 0 Å². The lowest BCUT2D eigenvalue weighted by molar-refractivity contribution is 0.423. The molecular formula is C11H17N. The van der Waals surface area contributed by atoms with Crippen molar-refractivity contribution in [2.24, 2.45) is 11.3 Å². The number of hydrogen-bond donors (Lipinski definition) is 0. The van der Waals surface area contributed by atoms with E-state index in [0.717, 1.165) is 12.8 Å². The summed E-state index contributed by atoms with van der Waals surface area (Å²) in [6.45, 7) is 6.57. The first-order chi connectivity index (χ1) is 5.55. The van der Waals surface area contributed by atoms with Gasteiger partial charge in [0.1, 0.15) is 0 Å². The lowest BCUT2D eigenvalue weighted by Crippen LogP contribution is -2.19. The Morgan fingerprint density at radius 3 is 2.58 bits per heavy atom. The first-order valence-electron chi connectivity index (χ1n) is 4.66. The van der Waals surface area contributed by atoms with E-state index in [1.54, 1.807) is 0 Å². The van der Waals surface area contributed by atoms with Gasteiger partial charge >= 0.3 is 0 Å². The molecule has 0 radical (unpaired) electrons. The van der Waals surface area contributed by atoms with Crippen LogP contribution in [0.15, 0.2) is 11.6 Å². The molecule has 0 fully saturated rings. The lowest BCUT2D eigenvalue weighted by Gasteiger charge is -2.29. The smallest absolute Gasteiger partial charge is 0.0700 e. The Kier molecular flexibility index (Phi) is 2.57. The van der Waals surface area contributed by atoms with E-state index < -0.39 is 0 Å². The molecule has 0 bridgehead atoms. The summed E-state index contributed by atoms with van der Waals surface area (Å²) in [5.74, 6) is 0.179. The Morgan fingerprint density at radius 1 is 1.50 bits per heavy atom. The first kappa shape index (κ1) is 9.32. The molecule has 66 valence electrons. The van der Waals surface area contributed by atoms with E-state index >= 15 is 0 Å². The molecule has 0 saturated carbocycles. The summed E-state index contributed by atoms with van der Waals surface area (Å²) in [6, 6.07) is 2.39. The summed E-state index contributed by atoms with van der Waals surface area (Å²) in [6.07, 6.45) is 5.65. The van der Waals surface area contributed by atoms with Crippen LogP contribution in [-0.4, -0.2) is 0 Å². The van der Waals surface area contributed by atoms with E-state index in [9.17, 15) is 0 Å². The van der Waals surface area contributed by atoms with Crippen LogP contribution in [0.4, 0.5) is 0 Å². The van der Waals surface area contributed by atoms with Crippen LogP contribution in [0.1, 0.15) is 40.0 Å². The molecule has 0 spiro atoms. The van der Waals surface area contributed by atoms with Gasteiger partial charge in [0.15, 0.2) is 0 Å². The molecule has 0 heterocycles. The average Bonchev–Trinajstić information content (AvgIpc) is 2.03. The minimum atomic E-state index is 0.179. The largest absolute Gasteiger partial charge is 0.198 e. The molecule has 12 heavy (non-hydrogen) atoms. The Bertz CT molecular complexity index is 224. The van der Waals surface area contributed by atoms with Crippen molar-refractivity contribution in [2.75, 3.05) is 0 Å². The SMILES string of the molecule is CC(C)(C)C1=CCCCC1C#N. The molecule has 0 aliphatic heterocycles. The van der Waals surface area contributed by atoms with Crippen LogP contribution in [0.2, 0.25) is 0 Å². The fraction of sp³-hybridized carbons (Fsp3) is 0.727. The predicted molar refractivity (Wildman–Crippen MR) is 50.5 cm³/mol. The van der Waals surface area contributed by atoms with E-state index in [4.69, 9.17) is 5.26 Å². The number of hydrogen-bond acceptors (Lipinski definition) is 1. The van der Waals surface area contributed by atoms with E-state index in [-0.39, 0.29) is 11.3 Å². The fourth-order valence-electron chi connectivity index (χ4n) is 1.84. The minimum Gasteiger partial charge on any atom is -0.198 e. The van der Waals surface area contributed by atoms with Crippen molar-refractivity contribution in [3.05, 3.63) is 11.6 Å². The molecule has 1 atom stereocenters. The molecule has 0 aromatic heterocycles. The monoisotopic (exact) mass is 163 g/mol. The molecule has 0 saturated heterocycles. The highest BCUT2D eigenvalue weighted by Gasteiger charge is 2.26. The van der Waals surface area contributed by atoms with Gasteiger partial charge in [-0.3, -0.25) is 0 Å². The van der Waals surface area contributed by atoms with Crippen molar-refractivity contribution in [1.29, 1.82) is 5.26 Å². The fourth-order valence-corrected chi connectivity index (χ4v) is 1.84. The third-order valence-electron chi connectivity index (χ3n) is 2.46. The zero-order valence-corrected chi connectivity index (χ0v) is 8.22. The number of nitriles is 1. The number of rotatable bonds is 0. The zero-order valence-electron chi connectivity index (χ0n) is 8.22. The van der Waals surface area contributed by atoms with Gasteiger partial charge in [-0.2, -0.15) is 5.26 Å². The lowest BCUT2D eigenvalue weighted by atomic mass is 9.74. The third-order valence-corrected chi connectivity index (χ3v) is 2.46. The summed E-state index contributed by atoms with van der Waals surface area (Å²) in [5, 5.41) is 8.93. The maximum atomic E-state index is 8.93. The first-order valence-corrected chi connectivity index (χ1v) is 4.66. The molecule has 0 amide bonds. The molecule has 0 aromatic rings. The summed E-state index contributed by atoms with van der Waals surface area (Å²) in [7, 11) is 0. The maximum Gasteiger partial charge on any atom is 0.0700 e. The molecule has 1 rings (SSSR count). The van der Waals surface area contributed by atoms with Gasteiger partial charge < -0.3 is 0 Å². The standard InChI is InChI=1S/C11H17N/c1-11(2,3)10-7-5-4-6-9(10)8-12/h7,9H,4-6H2,1-3H3. The highest BCUT2D eigenvalue weighted by molar-refractivity contribution is 5.22. The summed E-state index contributed by atoms with van der Waals surface area (Å²) >= 11 is 0. The van der Waals surface area contributed by atoms with Crippen LogP contribution in [0, 0.1) is 22.7 Å². The second-order valence-electron chi connectivity index (χ2n) is 4.52. The van der Waals surface area contributed by atoms with Gasteiger partial charge in [0, 0.05) is 0 Å². The van der Waals surface area contributed by atoms with E-state index in [1.165, 1.54) is 12.0 Å². The van der Waals surface area contributed by atoms with Crippen LogP contribution in [-0.2, 0) is 0 Å². The van der Waals surface area contributed by atoms with Gasteiger partial charge in [-0.25, -0.2) is 0 Å². The van der Waals surface area contributed by atoms with Crippen molar-refractivity contribution in [3.8, 4) is 6.07 Å². The van der Waals surface area contributed by atoms with Crippen LogP contribution < -0.4 is 0 Å². The molecule has 0 aromatic carbocycles. The molecular weight excluding hydrogens is 146 g/mol. The van der Waals surface area contributed by atoms with Gasteiger partial charge in [-0.1, -0.05) is 32.4 Å². The maximum absolute atomic E-state index is 8.93. The van der Waals surface area contributed by atoms with Crippen molar-refractivity contribution >= 4 is 0 Å². The Balaban J connectivity index is 2.86. The number of nitrogens with zero attached hydrogens (tertiary/aromatic N) is 1. The van der Waals surface area contributed by atoms with Gasteiger partial charge in [0.2, 0.25) is 0 Å². The molecule has 1 heteroatoms. The van der Waals surface area contributed by atoms with Crippen LogP contribution in [0.5, 0.6) is 0 Å². The van der Waals surface area contributed by atoms with E-state index in [0.29, 0.717) is 0 Å². The average molecular weight is 163 g/mol. The van der Waals surface area contributed by atoms with Gasteiger partial charge in [0.25, 0.3) is 0 Å². The highest BCUT2D eigenvalue weighted by Crippen LogP contribution is 2.36. The summed E-state index contributed by atoms with van der Waals surface area (Å²) in [4.78, 5) is 0. The van der Waals surface area contributed by atoms with Crippen LogP contribution in [0.3, 0.4) is 0 Å². The normalized spacial score (nSPS) is 24.5. The second-order valence-corrected chi connectivity index (χ2v) is 4.52. The number of allylic oxidation sites excluding steroid dienone is 2. The molecule has 1 unspecified atom stereocenters. The minimum absolute atomic E-state index is 0.179. The summed E-state index contributed by atoms with van der Waals surface area (Å²) in [5.41, 5.74) is 1.53. The Hall–Kier alpha value is -0.770. The quantitative estimate of drug-likeness (QED) is 0.503. The third kappa shape index (κ3) is 1.88. The van der Waals surface area contributed by atoms with Crippen LogP contribution >= 0.6 is 0 Å². The Morgan fingerprint density at radius 2 is 2.17 bits per heavy atom. The molecule has 1 nitrogen and oxygen atoms in total. The Labute approximate surface area is 75.1 Å². The van der Waals surface area contributed by atoms with Crippen LogP contribution in [0.25, 0.3) is 0 Å². The predicted octanol–water partition coefficient (Wildman–Crippen LogP) is 3.28. The van der Waals surface area contributed by atoms with Gasteiger partial charge in [0.05, 0.1) is 12.0 Å². The highest BCUT2D eigenvalue weighted by atomic mass is 14.3. The molecule has 1 aliphatic rings. The molecule has 0 N–H and O–H groups in total. The van der Waals surface area contributed by atoms with Gasteiger partial charge in [-0.05, 0) is 24.7 Å². The van der Waals surface area contributed by atoms with Gasteiger partial charge in [-0.15, -0.1) is 0 Å². The van der Waals surface area contributed by atoms with E-state index in [2.05, 4.69) is 32.9 Å².